The molecule has 1 unspecified atom stereocenters. The molecule has 2 aliphatic rings. The molecule has 1 aromatic carbocycles. The fourth-order valence-corrected chi connectivity index (χ4v) is 3.67. The van der Waals surface area contributed by atoms with Gasteiger partial charge in [0.05, 0.1) is 0 Å². The van der Waals surface area contributed by atoms with Gasteiger partial charge in [0.1, 0.15) is 5.54 Å². The molecule has 2 saturated heterocycles. The van der Waals surface area contributed by atoms with Crippen LogP contribution in [0.5, 0.6) is 0 Å². The van der Waals surface area contributed by atoms with Crippen molar-refractivity contribution in [3.8, 4) is 0 Å². The van der Waals surface area contributed by atoms with Crippen LogP contribution in [0.25, 0.3) is 0 Å². The molecule has 3 rings (SSSR count). The largest absolute Gasteiger partial charge is 0.341 e. The molecule has 5 nitrogen and oxygen atoms in total. The second kappa shape index (κ2) is 6.32. The van der Waals surface area contributed by atoms with E-state index < -0.39 is 5.54 Å². The molecule has 2 heterocycles. The molecule has 2 fully saturated rings. The zero-order valence-corrected chi connectivity index (χ0v) is 13.7. The second-order valence-corrected chi connectivity index (χ2v) is 6.78. The van der Waals surface area contributed by atoms with Crippen LogP contribution >= 0.6 is 0 Å². The maximum atomic E-state index is 12.8. The maximum absolute atomic E-state index is 12.8. The Balaban J connectivity index is 1.63. The van der Waals surface area contributed by atoms with Gasteiger partial charge < -0.3 is 15.5 Å². The van der Waals surface area contributed by atoms with Gasteiger partial charge in [-0.25, -0.2) is 0 Å². The molecule has 1 aromatic rings. The number of amides is 2. The molecule has 2 aliphatic heterocycles. The molecule has 0 radical (unpaired) electrons. The highest BCUT2D eigenvalue weighted by Crippen LogP contribution is 2.26. The lowest BCUT2D eigenvalue weighted by Crippen LogP contribution is -2.55. The minimum Gasteiger partial charge on any atom is -0.341 e. The van der Waals surface area contributed by atoms with Crippen molar-refractivity contribution in [2.75, 3.05) is 19.6 Å². The number of rotatable bonds is 3. The third kappa shape index (κ3) is 3.11. The van der Waals surface area contributed by atoms with E-state index in [9.17, 15) is 9.59 Å². The first kappa shape index (κ1) is 16.0. The molecule has 0 aromatic heterocycles. The van der Waals surface area contributed by atoms with Crippen LogP contribution in [0.2, 0.25) is 0 Å². The normalized spacial score (nSPS) is 22.3. The molecule has 124 valence electrons. The van der Waals surface area contributed by atoms with Gasteiger partial charge in [-0.3, -0.25) is 9.59 Å². The number of nitrogens with zero attached hydrogens (tertiary/aromatic N) is 2. The number of carbonyl (C=O) groups is 2. The Morgan fingerprint density at radius 3 is 2.39 bits per heavy atom. The Kier molecular flexibility index (Phi) is 4.39. The van der Waals surface area contributed by atoms with Crippen LogP contribution in [0.15, 0.2) is 30.3 Å². The van der Waals surface area contributed by atoms with Gasteiger partial charge in [0, 0.05) is 32.1 Å². The van der Waals surface area contributed by atoms with Crippen molar-refractivity contribution in [3.63, 3.8) is 0 Å². The van der Waals surface area contributed by atoms with Crippen LogP contribution in [0.4, 0.5) is 0 Å². The Morgan fingerprint density at radius 1 is 1.17 bits per heavy atom. The van der Waals surface area contributed by atoms with E-state index in [0.717, 1.165) is 31.4 Å². The Morgan fingerprint density at radius 2 is 1.83 bits per heavy atom. The fraction of sp³-hybridized carbons (Fsp3) is 0.556. The van der Waals surface area contributed by atoms with Crippen molar-refractivity contribution >= 4 is 11.8 Å². The number of carbonyl (C=O) groups excluding carboxylic acids is 2. The first-order valence-corrected chi connectivity index (χ1v) is 8.43. The van der Waals surface area contributed by atoms with Crippen molar-refractivity contribution in [3.05, 3.63) is 35.9 Å². The van der Waals surface area contributed by atoms with Gasteiger partial charge in [-0.15, -0.1) is 0 Å². The van der Waals surface area contributed by atoms with Crippen LogP contribution in [0.1, 0.15) is 38.2 Å². The Bertz CT molecular complexity index is 577. The van der Waals surface area contributed by atoms with Gasteiger partial charge in [-0.1, -0.05) is 30.3 Å². The highest BCUT2D eigenvalue weighted by molar-refractivity contribution is 5.87. The van der Waals surface area contributed by atoms with Crippen LogP contribution in [0, 0.1) is 0 Å². The quantitative estimate of drug-likeness (QED) is 0.918. The smallest absolute Gasteiger partial charge is 0.246 e. The zero-order chi connectivity index (χ0) is 16.4. The lowest BCUT2D eigenvalue weighted by atomic mass is 9.90. The maximum Gasteiger partial charge on any atom is 0.246 e. The average Bonchev–Trinajstić information content (AvgIpc) is 3.01. The van der Waals surface area contributed by atoms with E-state index in [4.69, 9.17) is 5.73 Å². The van der Waals surface area contributed by atoms with Gasteiger partial charge in [0.2, 0.25) is 11.8 Å². The monoisotopic (exact) mass is 315 g/mol. The van der Waals surface area contributed by atoms with E-state index in [2.05, 4.69) is 0 Å². The summed E-state index contributed by atoms with van der Waals surface area (Å²) in [5.41, 5.74) is 6.17. The fourth-order valence-electron chi connectivity index (χ4n) is 3.67. The summed E-state index contributed by atoms with van der Waals surface area (Å²) in [5, 5.41) is 0. The zero-order valence-electron chi connectivity index (χ0n) is 13.7. The summed E-state index contributed by atoms with van der Waals surface area (Å²) in [4.78, 5) is 28.5. The summed E-state index contributed by atoms with van der Waals surface area (Å²) in [5.74, 6) is 0.234. The first-order chi connectivity index (χ1) is 11.0. The summed E-state index contributed by atoms with van der Waals surface area (Å²) < 4.78 is 0. The predicted octanol–water partition coefficient (Wildman–Crippen LogP) is 1.47. The SMILES string of the molecule is CC(N)(C(=O)N1CCC(N2CCCC2=O)CC1)c1ccccc1. The molecule has 1 atom stereocenters. The number of benzene rings is 1. The van der Waals surface area contributed by atoms with Crippen molar-refractivity contribution in [1.82, 2.24) is 9.80 Å². The van der Waals surface area contributed by atoms with E-state index in [1.165, 1.54) is 0 Å². The van der Waals surface area contributed by atoms with E-state index >= 15 is 0 Å². The average molecular weight is 315 g/mol. The van der Waals surface area contributed by atoms with Crippen molar-refractivity contribution < 1.29 is 9.59 Å². The van der Waals surface area contributed by atoms with Crippen LogP contribution in [-0.2, 0) is 15.1 Å². The summed E-state index contributed by atoms with van der Waals surface area (Å²) in [6, 6.07) is 9.80. The highest BCUT2D eigenvalue weighted by Gasteiger charge is 2.38. The number of nitrogens with two attached hydrogens (primary N) is 1. The lowest BCUT2D eigenvalue weighted by molar-refractivity contribution is -0.139. The van der Waals surface area contributed by atoms with Crippen LogP contribution < -0.4 is 5.73 Å². The van der Waals surface area contributed by atoms with Crippen molar-refractivity contribution in [2.24, 2.45) is 5.73 Å². The third-order valence-corrected chi connectivity index (χ3v) is 5.12. The standard InChI is InChI=1S/C18H25N3O2/c1-18(19,14-6-3-2-4-7-14)17(23)20-12-9-15(10-13-20)21-11-5-8-16(21)22/h2-4,6-7,15H,5,8-13,19H2,1H3. The molecular formula is C18H25N3O2. The van der Waals surface area contributed by atoms with Crippen LogP contribution in [0.3, 0.4) is 0 Å². The first-order valence-electron chi connectivity index (χ1n) is 8.43. The predicted molar refractivity (Wildman–Crippen MR) is 88.5 cm³/mol. The molecule has 2 N–H and O–H groups in total. The van der Waals surface area contributed by atoms with Crippen molar-refractivity contribution in [2.45, 2.75) is 44.2 Å². The van der Waals surface area contributed by atoms with Gasteiger partial charge in [0.15, 0.2) is 0 Å². The Labute approximate surface area is 137 Å². The number of likely N-dealkylation sites (tertiary alicyclic amines) is 2. The number of piperidine rings is 1. The van der Waals surface area contributed by atoms with Crippen molar-refractivity contribution in [1.29, 1.82) is 0 Å². The molecule has 0 bridgehead atoms. The van der Waals surface area contributed by atoms with E-state index in [0.29, 0.717) is 19.5 Å². The molecule has 0 aliphatic carbocycles. The lowest BCUT2D eigenvalue weighted by Gasteiger charge is -2.39. The van der Waals surface area contributed by atoms with Gasteiger partial charge in [-0.05, 0) is 31.7 Å². The van der Waals surface area contributed by atoms with Gasteiger partial charge in [0.25, 0.3) is 0 Å². The van der Waals surface area contributed by atoms with E-state index in [1.54, 1.807) is 6.92 Å². The van der Waals surface area contributed by atoms with E-state index in [1.807, 2.05) is 40.1 Å². The topological polar surface area (TPSA) is 66.6 Å². The summed E-state index contributed by atoms with van der Waals surface area (Å²) in [6.07, 6.45) is 3.34. The summed E-state index contributed by atoms with van der Waals surface area (Å²) in [7, 11) is 0. The molecule has 23 heavy (non-hydrogen) atoms. The summed E-state index contributed by atoms with van der Waals surface area (Å²) >= 11 is 0. The number of hydrogen-bond acceptors (Lipinski definition) is 3. The molecule has 0 spiro atoms. The van der Waals surface area contributed by atoms with E-state index in [-0.39, 0.29) is 17.9 Å². The van der Waals surface area contributed by atoms with Gasteiger partial charge >= 0.3 is 0 Å². The highest BCUT2D eigenvalue weighted by atomic mass is 16.2. The molecule has 5 heteroatoms. The second-order valence-electron chi connectivity index (χ2n) is 6.78. The minimum atomic E-state index is -1.00. The summed E-state index contributed by atoms with van der Waals surface area (Å²) in [6.45, 7) is 4.00. The molecular weight excluding hydrogens is 290 g/mol. The van der Waals surface area contributed by atoms with Gasteiger partial charge in [-0.2, -0.15) is 0 Å². The number of hydrogen-bond donors (Lipinski definition) is 1. The molecule has 2 amide bonds. The third-order valence-electron chi connectivity index (χ3n) is 5.12. The Hall–Kier alpha value is -1.88. The van der Waals surface area contributed by atoms with Crippen LogP contribution in [-0.4, -0.2) is 47.3 Å². The minimum absolute atomic E-state index is 0.0325. The molecule has 0 saturated carbocycles.